The second-order valence-electron chi connectivity index (χ2n) is 7.65. The summed E-state index contributed by atoms with van der Waals surface area (Å²) in [5.74, 6) is -1.72. The zero-order chi connectivity index (χ0) is 27.8. The van der Waals surface area contributed by atoms with Crippen LogP contribution in [0, 0.1) is 10.1 Å². The molecule has 0 fully saturated rings. The van der Waals surface area contributed by atoms with Gasteiger partial charge in [-0.2, -0.15) is 18.3 Å². The van der Waals surface area contributed by atoms with Gasteiger partial charge in [0.05, 0.1) is 51.5 Å². The number of nitrogens with zero attached hydrogens (tertiary/aromatic N) is 5. The van der Waals surface area contributed by atoms with Crippen molar-refractivity contribution < 1.29 is 32.4 Å². The summed E-state index contributed by atoms with van der Waals surface area (Å²) >= 11 is 6.07. The van der Waals surface area contributed by atoms with E-state index in [0.717, 1.165) is 23.0 Å². The second-order valence-corrected chi connectivity index (χ2v) is 8.05. The maximum Gasteiger partial charge on any atom is 0.435 e. The molecule has 16 heteroatoms. The molecule has 3 heterocycles. The Morgan fingerprint density at radius 1 is 1.18 bits per heavy atom. The van der Waals surface area contributed by atoms with E-state index in [2.05, 4.69) is 30.2 Å². The maximum absolute atomic E-state index is 13.8. The lowest BCUT2D eigenvalue weighted by atomic mass is 10.1. The summed E-state index contributed by atoms with van der Waals surface area (Å²) in [6, 6.07) is 6.26. The average Bonchev–Trinajstić information content (AvgIpc) is 3.47. The summed E-state index contributed by atoms with van der Waals surface area (Å²) < 4.78 is 47.2. The van der Waals surface area contributed by atoms with Crippen molar-refractivity contribution in [1.29, 1.82) is 0 Å². The van der Waals surface area contributed by atoms with E-state index in [1.54, 1.807) is 0 Å². The number of pyridine rings is 1. The smallest absolute Gasteiger partial charge is 0.435 e. The van der Waals surface area contributed by atoms with Crippen molar-refractivity contribution in [3.8, 4) is 22.6 Å². The van der Waals surface area contributed by atoms with Gasteiger partial charge in [-0.25, -0.2) is 14.8 Å². The number of esters is 1. The van der Waals surface area contributed by atoms with Crippen molar-refractivity contribution in [3.05, 3.63) is 74.9 Å². The van der Waals surface area contributed by atoms with E-state index in [9.17, 15) is 32.9 Å². The molecule has 0 atom stereocenters. The first-order valence-electron chi connectivity index (χ1n) is 10.4. The van der Waals surface area contributed by atoms with Crippen molar-refractivity contribution in [1.82, 2.24) is 24.7 Å². The number of aromatic amines is 1. The molecule has 1 aromatic carbocycles. The van der Waals surface area contributed by atoms with Gasteiger partial charge in [-0.3, -0.25) is 20.0 Å². The van der Waals surface area contributed by atoms with Crippen LogP contribution in [0.2, 0.25) is 5.02 Å². The third-order valence-corrected chi connectivity index (χ3v) is 5.64. The van der Waals surface area contributed by atoms with Crippen LogP contribution in [0.4, 0.5) is 24.5 Å². The van der Waals surface area contributed by atoms with Crippen molar-refractivity contribution in [2.45, 2.75) is 6.18 Å². The molecule has 196 valence electrons. The average molecular weight is 550 g/mol. The number of nitrogens with one attached hydrogen (secondary N) is 2. The Morgan fingerprint density at radius 3 is 2.50 bits per heavy atom. The van der Waals surface area contributed by atoms with Gasteiger partial charge in [0.25, 0.3) is 11.6 Å². The van der Waals surface area contributed by atoms with E-state index in [4.69, 9.17) is 11.6 Å². The second kappa shape index (κ2) is 9.93. The lowest BCUT2D eigenvalue weighted by Gasteiger charge is -2.11. The molecular weight excluding hydrogens is 535 g/mol. The van der Waals surface area contributed by atoms with Crippen molar-refractivity contribution in [2.24, 2.45) is 7.05 Å². The maximum atomic E-state index is 13.8. The van der Waals surface area contributed by atoms with Gasteiger partial charge in [0, 0.05) is 18.8 Å². The first kappa shape index (κ1) is 26.3. The minimum absolute atomic E-state index is 0.00337. The van der Waals surface area contributed by atoms with Gasteiger partial charge < -0.3 is 14.6 Å². The number of ether oxygens (including phenoxy) is 1. The standard InChI is InChI=1S/C22H15ClF3N7O5/c1-32-15(9-28-19(32)20(34)29-10-3-5-12(13(23)7-10)21(35)38-2)16-17(30-31-18(16)22(24,25)26)14-6-4-11(8-27-14)33(36)37/h3-9H,1-2H3,(H,29,34)(H,30,31). The van der Waals surface area contributed by atoms with Gasteiger partial charge in [0.15, 0.2) is 11.5 Å². The highest BCUT2D eigenvalue weighted by Crippen LogP contribution is 2.41. The SMILES string of the molecule is COC(=O)c1ccc(NC(=O)c2ncc(-c3c(C(F)(F)F)n[nH]c3-c3ccc([N+](=O)[O-])cn3)n2C)cc1Cl. The Balaban J connectivity index is 1.72. The summed E-state index contributed by atoms with van der Waals surface area (Å²) in [4.78, 5) is 42.6. The fourth-order valence-electron chi connectivity index (χ4n) is 3.53. The molecule has 0 saturated heterocycles. The number of rotatable bonds is 6. The normalized spacial score (nSPS) is 11.3. The zero-order valence-electron chi connectivity index (χ0n) is 19.3. The van der Waals surface area contributed by atoms with E-state index >= 15 is 0 Å². The molecule has 38 heavy (non-hydrogen) atoms. The molecule has 3 aromatic heterocycles. The first-order chi connectivity index (χ1) is 17.9. The molecule has 4 aromatic rings. The van der Waals surface area contributed by atoms with E-state index in [1.165, 1.54) is 38.4 Å². The highest BCUT2D eigenvalue weighted by Gasteiger charge is 2.40. The van der Waals surface area contributed by atoms with Crippen molar-refractivity contribution in [2.75, 3.05) is 12.4 Å². The summed E-state index contributed by atoms with van der Waals surface area (Å²) in [7, 11) is 2.51. The Hall–Kier alpha value is -4.79. The van der Waals surface area contributed by atoms with Crippen molar-refractivity contribution >= 4 is 34.9 Å². The lowest BCUT2D eigenvalue weighted by molar-refractivity contribution is -0.385. The van der Waals surface area contributed by atoms with Crippen LogP contribution in [-0.4, -0.2) is 48.6 Å². The minimum Gasteiger partial charge on any atom is -0.465 e. The van der Waals surface area contributed by atoms with Crippen LogP contribution in [0.15, 0.2) is 42.7 Å². The van der Waals surface area contributed by atoms with Crippen LogP contribution in [0.5, 0.6) is 0 Å². The number of alkyl halides is 3. The molecule has 0 unspecified atom stereocenters. The third kappa shape index (κ3) is 4.90. The Morgan fingerprint density at radius 2 is 1.92 bits per heavy atom. The predicted molar refractivity (Wildman–Crippen MR) is 126 cm³/mol. The molecule has 0 aliphatic carbocycles. The van der Waals surface area contributed by atoms with Crippen molar-refractivity contribution in [3.63, 3.8) is 0 Å². The molecule has 2 N–H and O–H groups in total. The van der Waals surface area contributed by atoms with Crippen LogP contribution in [-0.2, 0) is 18.0 Å². The molecule has 1 amide bonds. The van der Waals surface area contributed by atoms with E-state index in [1.807, 2.05) is 0 Å². The number of anilines is 1. The number of hydrogen-bond acceptors (Lipinski definition) is 8. The number of carbonyl (C=O) groups is 2. The monoisotopic (exact) mass is 549 g/mol. The number of H-pyrrole nitrogens is 1. The highest BCUT2D eigenvalue weighted by atomic mass is 35.5. The number of amides is 1. The van der Waals surface area contributed by atoms with Crippen LogP contribution < -0.4 is 5.32 Å². The topological polar surface area (TPSA) is 158 Å². The number of carbonyl (C=O) groups excluding carboxylic acids is 2. The Kier molecular flexibility index (Phi) is 6.87. The quantitative estimate of drug-likeness (QED) is 0.202. The number of hydrogen-bond donors (Lipinski definition) is 2. The Bertz CT molecular complexity index is 1560. The molecule has 0 aliphatic rings. The summed E-state index contributed by atoms with van der Waals surface area (Å²) in [6.45, 7) is 0. The number of aromatic nitrogens is 5. The van der Waals surface area contributed by atoms with Crippen LogP contribution >= 0.6 is 11.6 Å². The molecular formula is C22H15ClF3N7O5. The van der Waals surface area contributed by atoms with Gasteiger partial charge in [-0.1, -0.05) is 11.6 Å². The van der Waals surface area contributed by atoms with Crippen LogP contribution in [0.3, 0.4) is 0 Å². The molecule has 0 spiro atoms. The summed E-state index contributed by atoms with van der Waals surface area (Å²) in [5, 5.41) is 19.1. The van der Waals surface area contributed by atoms with Gasteiger partial charge in [0.2, 0.25) is 0 Å². The molecule has 0 saturated carbocycles. The first-order valence-corrected chi connectivity index (χ1v) is 10.8. The van der Waals surface area contributed by atoms with Gasteiger partial charge in [-0.05, 0) is 24.3 Å². The number of methoxy groups -OCH3 is 1. The molecule has 12 nitrogen and oxygen atoms in total. The fraction of sp³-hybridized carbons (Fsp3) is 0.136. The highest BCUT2D eigenvalue weighted by molar-refractivity contribution is 6.34. The minimum atomic E-state index is -4.89. The molecule has 0 aliphatic heterocycles. The fourth-order valence-corrected chi connectivity index (χ4v) is 3.79. The van der Waals surface area contributed by atoms with Crippen LogP contribution in [0.25, 0.3) is 22.6 Å². The lowest BCUT2D eigenvalue weighted by Crippen LogP contribution is -2.17. The summed E-state index contributed by atoms with van der Waals surface area (Å²) in [5.41, 5.74) is -2.24. The van der Waals surface area contributed by atoms with E-state index < -0.39 is 34.2 Å². The van der Waals surface area contributed by atoms with Crippen LogP contribution in [0.1, 0.15) is 26.7 Å². The molecule has 0 radical (unpaired) electrons. The summed E-state index contributed by atoms with van der Waals surface area (Å²) in [6.07, 6.45) is -2.95. The molecule has 0 bridgehead atoms. The van der Waals surface area contributed by atoms with Gasteiger partial charge in [0.1, 0.15) is 6.20 Å². The number of nitro groups is 1. The predicted octanol–water partition coefficient (Wildman–Crippen LogP) is 4.49. The van der Waals surface area contributed by atoms with E-state index in [0.29, 0.717) is 0 Å². The third-order valence-electron chi connectivity index (χ3n) is 5.33. The number of benzene rings is 1. The molecule has 4 rings (SSSR count). The van der Waals surface area contributed by atoms with E-state index in [-0.39, 0.29) is 44.9 Å². The van der Waals surface area contributed by atoms with Gasteiger partial charge in [-0.15, -0.1) is 0 Å². The number of halogens is 4. The largest absolute Gasteiger partial charge is 0.465 e. The Labute approximate surface area is 215 Å². The van der Waals surface area contributed by atoms with Gasteiger partial charge >= 0.3 is 12.1 Å². The zero-order valence-corrected chi connectivity index (χ0v) is 20.1. The number of imidazole rings is 1.